The van der Waals surface area contributed by atoms with Gasteiger partial charge in [0, 0.05) is 62.8 Å². The number of benzene rings is 1. The molecule has 196 valence electrons. The SMILES string of the molecule is CC.CNC(=O)C1CC(n2cc(Nc3cc(N4CCN(C5(C)COC5)CC4)c(Cl)cc3C=N)cn2)C1. The summed E-state index contributed by atoms with van der Waals surface area (Å²) in [7, 11) is 1.68. The first-order valence-electron chi connectivity index (χ1n) is 12.8. The number of hydrogen-bond acceptors (Lipinski definition) is 7. The molecule has 3 aliphatic rings. The second-order valence-electron chi connectivity index (χ2n) is 9.77. The van der Waals surface area contributed by atoms with Crippen LogP contribution in [0.3, 0.4) is 0 Å². The molecule has 1 saturated carbocycles. The van der Waals surface area contributed by atoms with Crippen LogP contribution in [0.25, 0.3) is 0 Å². The number of carbonyl (C=O) groups excluding carboxylic acids is 1. The number of piperazine rings is 1. The summed E-state index contributed by atoms with van der Waals surface area (Å²) in [5.74, 6) is 0.167. The number of carbonyl (C=O) groups is 1. The molecule has 10 heteroatoms. The Bertz CT molecular complexity index is 1070. The lowest BCUT2D eigenvalue weighted by Crippen LogP contribution is -2.64. The Morgan fingerprint density at radius 2 is 1.92 bits per heavy atom. The first-order valence-corrected chi connectivity index (χ1v) is 13.2. The third kappa shape index (κ3) is 5.23. The van der Waals surface area contributed by atoms with E-state index in [1.54, 1.807) is 13.2 Å². The van der Waals surface area contributed by atoms with E-state index in [0.717, 1.165) is 74.9 Å². The van der Waals surface area contributed by atoms with E-state index in [0.29, 0.717) is 5.02 Å². The van der Waals surface area contributed by atoms with Crippen molar-refractivity contribution < 1.29 is 9.53 Å². The van der Waals surface area contributed by atoms with Gasteiger partial charge >= 0.3 is 0 Å². The number of rotatable bonds is 7. The molecule has 3 fully saturated rings. The lowest BCUT2D eigenvalue weighted by Gasteiger charge is -2.50. The predicted octanol–water partition coefficient (Wildman–Crippen LogP) is 3.91. The maximum atomic E-state index is 11.8. The van der Waals surface area contributed by atoms with E-state index in [1.807, 2.05) is 36.9 Å². The fourth-order valence-electron chi connectivity index (χ4n) is 5.09. The predicted molar refractivity (Wildman–Crippen MR) is 145 cm³/mol. The van der Waals surface area contributed by atoms with Crippen molar-refractivity contribution in [3.63, 3.8) is 0 Å². The van der Waals surface area contributed by atoms with Gasteiger partial charge in [0.05, 0.1) is 47.4 Å². The van der Waals surface area contributed by atoms with E-state index in [1.165, 1.54) is 6.21 Å². The smallest absolute Gasteiger partial charge is 0.223 e. The van der Waals surface area contributed by atoms with Crippen LogP contribution >= 0.6 is 11.6 Å². The third-order valence-electron chi connectivity index (χ3n) is 7.47. The van der Waals surface area contributed by atoms with Gasteiger partial charge in [-0.3, -0.25) is 14.4 Å². The van der Waals surface area contributed by atoms with Gasteiger partial charge in [-0.1, -0.05) is 25.4 Å². The largest absolute Gasteiger partial charge is 0.377 e. The summed E-state index contributed by atoms with van der Waals surface area (Å²) in [6, 6.07) is 4.12. The van der Waals surface area contributed by atoms with E-state index in [-0.39, 0.29) is 23.4 Å². The van der Waals surface area contributed by atoms with Gasteiger partial charge in [-0.05, 0) is 31.9 Å². The summed E-state index contributed by atoms with van der Waals surface area (Å²) in [5, 5.41) is 19.2. The average Bonchev–Trinajstić information content (AvgIpc) is 3.31. The number of ether oxygens (including phenoxy) is 1. The number of anilines is 3. The highest BCUT2D eigenvalue weighted by Crippen LogP contribution is 2.39. The van der Waals surface area contributed by atoms with Gasteiger partial charge in [0.15, 0.2) is 0 Å². The molecule has 2 saturated heterocycles. The van der Waals surface area contributed by atoms with Crippen LogP contribution in [0.2, 0.25) is 5.02 Å². The minimum atomic E-state index is 0.0684. The van der Waals surface area contributed by atoms with Gasteiger partial charge < -0.3 is 25.7 Å². The van der Waals surface area contributed by atoms with Gasteiger partial charge in [-0.15, -0.1) is 0 Å². The average molecular weight is 516 g/mol. The highest BCUT2D eigenvalue weighted by Gasteiger charge is 2.40. The van der Waals surface area contributed by atoms with E-state index in [2.05, 4.69) is 32.5 Å². The van der Waals surface area contributed by atoms with Crippen molar-refractivity contribution in [1.82, 2.24) is 20.0 Å². The number of aromatic nitrogens is 2. The van der Waals surface area contributed by atoms with Gasteiger partial charge in [-0.2, -0.15) is 5.10 Å². The molecule has 0 spiro atoms. The Hall–Kier alpha value is -2.62. The Morgan fingerprint density at radius 1 is 1.22 bits per heavy atom. The van der Waals surface area contributed by atoms with Gasteiger partial charge in [0.1, 0.15) is 0 Å². The minimum Gasteiger partial charge on any atom is -0.377 e. The molecule has 2 aromatic rings. The van der Waals surface area contributed by atoms with Crippen LogP contribution in [0.4, 0.5) is 17.1 Å². The molecule has 0 radical (unpaired) electrons. The summed E-state index contributed by atoms with van der Waals surface area (Å²) >= 11 is 6.65. The van der Waals surface area contributed by atoms with E-state index in [9.17, 15) is 4.79 Å². The third-order valence-corrected chi connectivity index (χ3v) is 7.77. The molecule has 1 aromatic heterocycles. The first-order chi connectivity index (χ1) is 17.4. The van der Waals surface area contributed by atoms with Crippen molar-refractivity contribution in [2.24, 2.45) is 5.92 Å². The number of nitrogens with one attached hydrogen (secondary N) is 3. The van der Waals surface area contributed by atoms with Gasteiger partial charge in [0.2, 0.25) is 5.91 Å². The fraction of sp³-hybridized carbons (Fsp3) is 0.577. The Morgan fingerprint density at radius 3 is 2.50 bits per heavy atom. The number of hydrogen-bond donors (Lipinski definition) is 3. The van der Waals surface area contributed by atoms with E-state index < -0.39 is 0 Å². The highest BCUT2D eigenvalue weighted by atomic mass is 35.5. The van der Waals surface area contributed by atoms with Crippen molar-refractivity contribution in [1.29, 1.82) is 5.41 Å². The van der Waals surface area contributed by atoms with Crippen molar-refractivity contribution in [3.05, 3.63) is 35.1 Å². The van der Waals surface area contributed by atoms with Crippen LogP contribution in [0.5, 0.6) is 0 Å². The molecular formula is C26H38ClN7O2. The Balaban J connectivity index is 0.00000148. The molecule has 1 amide bonds. The lowest BCUT2D eigenvalue weighted by atomic mass is 9.80. The zero-order chi connectivity index (χ0) is 25.9. The van der Waals surface area contributed by atoms with Crippen molar-refractivity contribution >= 4 is 40.8 Å². The maximum absolute atomic E-state index is 11.8. The molecular weight excluding hydrogens is 478 g/mol. The van der Waals surface area contributed by atoms with Crippen molar-refractivity contribution in [2.75, 3.05) is 56.7 Å². The van der Waals surface area contributed by atoms with Crippen LogP contribution in [0.15, 0.2) is 24.5 Å². The van der Waals surface area contributed by atoms with Gasteiger partial charge in [0.25, 0.3) is 0 Å². The van der Waals surface area contributed by atoms with E-state index >= 15 is 0 Å². The minimum absolute atomic E-state index is 0.0684. The summed E-state index contributed by atoms with van der Waals surface area (Å²) < 4.78 is 7.36. The standard InChI is InChI=1S/C24H32ClN7O2.C2H6/c1-24(14-34-15-24)31-5-3-30(4-6-31)22-10-21(17(11-26)9-20(22)25)29-18-12-28-32(13-18)19-7-16(8-19)23(33)27-2;1-2/h9-13,16,19,26,29H,3-8,14-15H2,1-2H3,(H,27,33);1-2H3. The number of nitrogens with zero attached hydrogens (tertiary/aromatic N) is 4. The normalized spacial score (nSPS) is 23.0. The molecule has 1 aliphatic carbocycles. The lowest BCUT2D eigenvalue weighted by molar-refractivity contribution is -0.131. The Kier molecular flexibility index (Phi) is 8.22. The zero-order valence-corrected chi connectivity index (χ0v) is 22.4. The molecule has 1 aromatic carbocycles. The second-order valence-corrected chi connectivity index (χ2v) is 10.2. The van der Waals surface area contributed by atoms with E-state index in [4.69, 9.17) is 21.7 Å². The van der Waals surface area contributed by atoms with Crippen molar-refractivity contribution in [3.8, 4) is 0 Å². The molecule has 0 bridgehead atoms. The summed E-state index contributed by atoms with van der Waals surface area (Å²) in [4.78, 5) is 16.6. The molecule has 9 nitrogen and oxygen atoms in total. The molecule has 36 heavy (non-hydrogen) atoms. The Labute approximate surface area is 218 Å². The van der Waals surface area contributed by atoms with Gasteiger partial charge in [-0.25, -0.2) is 0 Å². The highest BCUT2D eigenvalue weighted by molar-refractivity contribution is 6.33. The van der Waals surface area contributed by atoms with Crippen LogP contribution in [-0.2, 0) is 9.53 Å². The topological polar surface area (TPSA) is 98.5 Å². The summed E-state index contributed by atoms with van der Waals surface area (Å²) in [5.41, 5.74) is 3.54. The fourth-order valence-corrected chi connectivity index (χ4v) is 5.39. The molecule has 0 unspecified atom stereocenters. The van der Waals surface area contributed by atoms with Crippen LogP contribution < -0.4 is 15.5 Å². The summed E-state index contributed by atoms with van der Waals surface area (Å²) in [6.07, 6.45) is 6.67. The number of amides is 1. The molecule has 3 heterocycles. The molecule has 2 aliphatic heterocycles. The second kappa shape index (κ2) is 11.2. The molecule has 3 N–H and O–H groups in total. The van der Waals surface area contributed by atoms with Crippen molar-refractivity contribution in [2.45, 2.75) is 45.2 Å². The van der Waals surface area contributed by atoms with Crippen LogP contribution in [-0.4, -0.2) is 78.8 Å². The maximum Gasteiger partial charge on any atom is 0.223 e. The quantitative estimate of drug-likeness (QED) is 0.483. The van der Waals surface area contributed by atoms with Crippen LogP contribution in [0, 0.1) is 11.3 Å². The first kappa shape index (κ1) is 26.4. The zero-order valence-electron chi connectivity index (χ0n) is 21.7. The monoisotopic (exact) mass is 515 g/mol. The molecule has 5 rings (SSSR count). The summed E-state index contributed by atoms with van der Waals surface area (Å²) in [6.45, 7) is 11.6. The van der Waals surface area contributed by atoms with Crippen LogP contribution in [0.1, 0.15) is 45.2 Å². The number of halogens is 1. The molecule has 0 atom stereocenters.